The summed E-state index contributed by atoms with van der Waals surface area (Å²) in [6, 6.07) is 3.56. The van der Waals surface area contributed by atoms with Crippen molar-refractivity contribution in [2.45, 2.75) is 37.2 Å². The zero-order valence-electron chi connectivity index (χ0n) is 16.3. The Morgan fingerprint density at radius 2 is 1.67 bits per heavy atom. The molecule has 1 aromatic carbocycles. The van der Waals surface area contributed by atoms with Gasteiger partial charge in [0, 0.05) is 23.2 Å². The summed E-state index contributed by atoms with van der Waals surface area (Å²) in [5.41, 5.74) is -6.91. The molecule has 2 amide bonds. The van der Waals surface area contributed by atoms with Crippen molar-refractivity contribution in [3.8, 4) is 0 Å². The van der Waals surface area contributed by atoms with E-state index in [-0.39, 0.29) is 22.0 Å². The van der Waals surface area contributed by atoms with Gasteiger partial charge < -0.3 is 10.6 Å². The third kappa shape index (κ3) is 4.96. The molecule has 0 atom stereocenters. The van der Waals surface area contributed by atoms with Crippen LogP contribution in [0.3, 0.4) is 0 Å². The first-order valence-corrected chi connectivity index (χ1v) is 9.84. The van der Waals surface area contributed by atoms with E-state index in [0.717, 1.165) is 18.9 Å². The highest BCUT2D eigenvalue weighted by Gasteiger charge is 2.64. The van der Waals surface area contributed by atoms with E-state index in [4.69, 9.17) is 0 Å². The second-order valence-electron chi connectivity index (χ2n) is 7.16. The van der Waals surface area contributed by atoms with Crippen molar-refractivity contribution in [2.24, 2.45) is 7.05 Å². The number of hydrogen-bond donors (Lipinski definition) is 2. The molecular weight excluding hydrogens is 536 g/mol. The van der Waals surface area contributed by atoms with Crippen LogP contribution in [0.1, 0.15) is 44.9 Å². The molecule has 0 aliphatic heterocycles. The van der Waals surface area contributed by atoms with Crippen LogP contribution in [0.25, 0.3) is 0 Å². The minimum absolute atomic E-state index is 0.00723. The lowest BCUT2D eigenvalue weighted by molar-refractivity contribution is -0.292. The fraction of sp³-hybridized carbons (Fsp3) is 0.389. The van der Waals surface area contributed by atoms with Gasteiger partial charge in [0.15, 0.2) is 5.69 Å². The molecule has 0 radical (unpaired) electrons. The Hall–Kier alpha value is -2.71. The summed E-state index contributed by atoms with van der Waals surface area (Å²) < 4.78 is 106. The van der Waals surface area contributed by atoms with Gasteiger partial charge in [-0.25, -0.2) is 0 Å². The highest BCUT2D eigenvalue weighted by molar-refractivity contribution is 9.10. The minimum atomic E-state index is -6.38. The van der Waals surface area contributed by atoms with Gasteiger partial charge in [-0.05, 0) is 47.0 Å². The van der Waals surface area contributed by atoms with E-state index in [2.05, 4.69) is 26.3 Å². The van der Waals surface area contributed by atoms with E-state index in [1.165, 1.54) is 12.1 Å². The first-order valence-electron chi connectivity index (χ1n) is 9.05. The standard InChI is InChI=1S/C18H13BrF8N4O2/c1-31-12(11(17(22,23)24)13(30-31)16(20,21)18(25,26)27)15(33)29-8-4-5-10(19)9(6-8)14(32)28-7-2-3-7/h4-7H,2-3H2,1H3,(H,28,32)(H,29,33). The van der Waals surface area contributed by atoms with Crippen molar-refractivity contribution < 1.29 is 44.7 Å². The van der Waals surface area contributed by atoms with Crippen LogP contribution in [0.15, 0.2) is 22.7 Å². The van der Waals surface area contributed by atoms with Crippen molar-refractivity contribution in [3.05, 3.63) is 45.2 Å². The quantitative estimate of drug-likeness (QED) is 0.516. The molecule has 1 heterocycles. The van der Waals surface area contributed by atoms with Gasteiger partial charge >= 0.3 is 18.3 Å². The molecule has 3 rings (SSSR count). The maximum absolute atomic E-state index is 13.8. The number of anilines is 1. The molecule has 6 nitrogen and oxygen atoms in total. The van der Waals surface area contributed by atoms with E-state index >= 15 is 0 Å². The first-order chi connectivity index (χ1) is 15.0. The summed E-state index contributed by atoms with van der Waals surface area (Å²) in [7, 11) is 0.621. The predicted molar refractivity (Wildman–Crippen MR) is 101 cm³/mol. The second kappa shape index (κ2) is 8.25. The maximum atomic E-state index is 13.8. The van der Waals surface area contributed by atoms with Crippen LogP contribution >= 0.6 is 15.9 Å². The number of benzene rings is 1. The van der Waals surface area contributed by atoms with Crippen LogP contribution < -0.4 is 10.6 Å². The van der Waals surface area contributed by atoms with Gasteiger partial charge in [-0.1, -0.05) is 0 Å². The summed E-state index contributed by atoms with van der Waals surface area (Å²) in [6.07, 6.45) is -10.6. The molecule has 180 valence electrons. The van der Waals surface area contributed by atoms with E-state index in [0.29, 0.717) is 11.5 Å². The molecule has 0 saturated heterocycles. The first kappa shape index (κ1) is 24.9. The number of aromatic nitrogens is 2. The van der Waals surface area contributed by atoms with Crippen LogP contribution in [0.5, 0.6) is 0 Å². The Balaban J connectivity index is 2.00. The van der Waals surface area contributed by atoms with Crippen molar-refractivity contribution in [3.63, 3.8) is 0 Å². The zero-order valence-corrected chi connectivity index (χ0v) is 17.9. The van der Waals surface area contributed by atoms with E-state index in [9.17, 15) is 44.7 Å². The fourth-order valence-electron chi connectivity index (χ4n) is 2.87. The molecule has 0 bridgehead atoms. The largest absolute Gasteiger partial charge is 0.459 e. The Morgan fingerprint density at radius 3 is 2.18 bits per heavy atom. The molecule has 15 heteroatoms. The van der Waals surface area contributed by atoms with Gasteiger partial charge in [-0.15, -0.1) is 0 Å². The number of amides is 2. The minimum Gasteiger partial charge on any atom is -0.349 e. The van der Waals surface area contributed by atoms with Crippen LogP contribution in [0, 0.1) is 0 Å². The van der Waals surface area contributed by atoms with E-state index in [1.807, 2.05) is 5.32 Å². The van der Waals surface area contributed by atoms with Gasteiger partial charge in [0.25, 0.3) is 11.8 Å². The van der Waals surface area contributed by atoms with Crippen LogP contribution in [-0.2, 0) is 19.1 Å². The zero-order chi connectivity index (χ0) is 24.9. The average Bonchev–Trinajstić information content (AvgIpc) is 3.39. The smallest absolute Gasteiger partial charge is 0.349 e. The molecule has 33 heavy (non-hydrogen) atoms. The number of rotatable bonds is 5. The van der Waals surface area contributed by atoms with Crippen LogP contribution in [0.2, 0.25) is 0 Å². The van der Waals surface area contributed by atoms with Gasteiger partial charge in [-0.2, -0.15) is 40.2 Å². The Kier molecular flexibility index (Phi) is 6.23. The summed E-state index contributed by atoms with van der Waals surface area (Å²) in [4.78, 5) is 24.8. The number of nitrogens with zero attached hydrogens (tertiary/aromatic N) is 2. The molecule has 1 fully saturated rings. The lowest BCUT2D eigenvalue weighted by Gasteiger charge is -2.19. The number of halogens is 9. The number of carbonyl (C=O) groups is 2. The van der Waals surface area contributed by atoms with Crippen LogP contribution in [0.4, 0.5) is 40.8 Å². The molecule has 2 aromatic rings. The lowest BCUT2D eigenvalue weighted by Crippen LogP contribution is -2.36. The van der Waals surface area contributed by atoms with Gasteiger partial charge in [0.2, 0.25) is 0 Å². The van der Waals surface area contributed by atoms with Crippen molar-refractivity contribution in [2.75, 3.05) is 5.32 Å². The monoisotopic (exact) mass is 548 g/mol. The summed E-state index contributed by atoms with van der Waals surface area (Å²) >= 11 is 3.12. The molecule has 1 saturated carbocycles. The Bertz CT molecular complexity index is 1110. The Morgan fingerprint density at radius 1 is 1.06 bits per heavy atom. The molecule has 0 spiro atoms. The summed E-state index contributed by atoms with van der Waals surface area (Å²) in [5, 5.41) is 7.31. The molecule has 0 unspecified atom stereocenters. The fourth-order valence-corrected chi connectivity index (χ4v) is 3.29. The van der Waals surface area contributed by atoms with Crippen LogP contribution in [-0.4, -0.2) is 33.8 Å². The number of alkyl halides is 8. The van der Waals surface area contributed by atoms with Gasteiger partial charge in [0.1, 0.15) is 11.3 Å². The highest BCUT2D eigenvalue weighted by atomic mass is 79.9. The molecule has 1 aliphatic rings. The average molecular weight is 549 g/mol. The molecular formula is C18H13BrF8N4O2. The van der Waals surface area contributed by atoms with E-state index in [1.54, 1.807) is 0 Å². The number of aryl methyl sites for hydroxylation is 1. The second-order valence-corrected chi connectivity index (χ2v) is 8.02. The lowest BCUT2D eigenvalue weighted by atomic mass is 10.1. The predicted octanol–water partition coefficient (Wildman–Crippen LogP) is 5.00. The van der Waals surface area contributed by atoms with Gasteiger partial charge in [-0.3, -0.25) is 14.3 Å². The topological polar surface area (TPSA) is 76.0 Å². The van der Waals surface area contributed by atoms with Crippen molar-refractivity contribution in [1.82, 2.24) is 15.1 Å². The molecule has 1 aliphatic carbocycles. The SMILES string of the molecule is Cn1nc(C(F)(F)C(F)(F)F)c(C(F)(F)F)c1C(=O)Nc1ccc(Br)c(C(=O)NC2CC2)c1. The highest BCUT2D eigenvalue weighted by Crippen LogP contribution is 2.48. The molecule has 1 aromatic heterocycles. The summed E-state index contributed by atoms with van der Waals surface area (Å²) in [5.74, 6) is -8.17. The van der Waals surface area contributed by atoms with Gasteiger partial charge in [0.05, 0.1) is 5.56 Å². The van der Waals surface area contributed by atoms with Crippen molar-refractivity contribution >= 4 is 33.4 Å². The van der Waals surface area contributed by atoms with Crippen molar-refractivity contribution in [1.29, 1.82) is 0 Å². The molecule has 2 N–H and O–H groups in total. The normalized spacial score (nSPS) is 14.8. The van der Waals surface area contributed by atoms with E-state index < -0.39 is 47.0 Å². The third-order valence-corrected chi connectivity index (χ3v) is 5.27. The number of nitrogens with one attached hydrogen (secondary N) is 2. The number of hydrogen-bond acceptors (Lipinski definition) is 3. The maximum Gasteiger partial charge on any atom is 0.459 e. The Labute approximate surface area is 188 Å². The number of carbonyl (C=O) groups excluding carboxylic acids is 2. The summed E-state index contributed by atoms with van der Waals surface area (Å²) in [6.45, 7) is 0. The third-order valence-electron chi connectivity index (χ3n) is 4.58.